The number of ether oxygens (including phenoxy) is 4. The molecular formula is C16H34O10. The topological polar surface area (TPSA) is 158 Å². The zero-order valence-corrected chi connectivity index (χ0v) is 15.8. The summed E-state index contributed by atoms with van der Waals surface area (Å²) in [7, 11) is 2.65. The van der Waals surface area contributed by atoms with Crippen LogP contribution in [0.3, 0.4) is 0 Å². The van der Waals surface area contributed by atoms with Crippen molar-refractivity contribution >= 4 is 0 Å². The van der Waals surface area contributed by atoms with Gasteiger partial charge in [-0.2, -0.15) is 0 Å². The fraction of sp³-hybridized carbons (Fsp3) is 1.00. The Balaban J connectivity index is 4.51. The van der Waals surface area contributed by atoms with Gasteiger partial charge in [-0.3, -0.25) is 0 Å². The average Bonchev–Trinajstić information content (AvgIpc) is 2.62. The predicted octanol–water partition coefficient (Wildman–Crippen LogP) is -2.54. The molecule has 0 aromatic carbocycles. The standard InChI is InChI=1S/C16H34O10/c1-9(12(5-17)23-3)14(21)15(22)16(24-4)26-8-11(20)7-25-13(6-18)10(2)19/h9-22H,5-8H2,1-4H3/t9?,10-,11-,12-,13?,14?,15?,16?/m1/s1. The highest BCUT2D eigenvalue weighted by molar-refractivity contribution is 4.81. The highest BCUT2D eigenvalue weighted by Crippen LogP contribution is 2.18. The summed E-state index contributed by atoms with van der Waals surface area (Å²) >= 11 is 0. The summed E-state index contributed by atoms with van der Waals surface area (Å²) in [5, 5.41) is 57.8. The molecule has 6 N–H and O–H groups in total. The summed E-state index contributed by atoms with van der Waals surface area (Å²) in [5.41, 5.74) is 0. The van der Waals surface area contributed by atoms with Gasteiger partial charge in [-0.1, -0.05) is 6.92 Å². The van der Waals surface area contributed by atoms with Crippen molar-refractivity contribution in [3.63, 3.8) is 0 Å². The van der Waals surface area contributed by atoms with Gasteiger partial charge in [0.25, 0.3) is 0 Å². The molecule has 0 aliphatic rings. The third-order valence-electron chi connectivity index (χ3n) is 4.14. The molecule has 0 bridgehead atoms. The molecule has 0 fully saturated rings. The first-order valence-corrected chi connectivity index (χ1v) is 8.46. The maximum absolute atomic E-state index is 10.2. The number of hydrogen-bond donors (Lipinski definition) is 6. The number of methoxy groups -OCH3 is 2. The Labute approximate surface area is 153 Å². The summed E-state index contributed by atoms with van der Waals surface area (Å²) in [5.74, 6) is -0.606. The zero-order chi connectivity index (χ0) is 20.3. The van der Waals surface area contributed by atoms with Gasteiger partial charge >= 0.3 is 0 Å². The second-order valence-electron chi connectivity index (χ2n) is 6.18. The summed E-state index contributed by atoms with van der Waals surface area (Å²) in [6.45, 7) is 1.83. The molecule has 0 heterocycles. The quantitative estimate of drug-likeness (QED) is 0.166. The first-order chi connectivity index (χ1) is 12.2. The van der Waals surface area contributed by atoms with E-state index in [-0.39, 0.29) is 19.8 Å². The molecule has 158 valence electrons. The van der Waals surface area contributed by atoms with E-state index in [0.29, 0.717) is 0 Å². The Kier molecular flexibility index (Phi) is 13.5. The molecule has 0 saturated carbocycles. The van der Waals surface area contributed by atoms with Crippen molar-refractivity contribution in [1.82, 2.24) is 0 Å². The minimum absolute atomic E-state index is 0.210. The predicted molar refractivity (Wildman–Crippen MR) is 90.3 cm³/mol. The van der Waals surface area contributed by atoms with Crippen molar-refractivity contribution in [3.05, 3.63) is 0 Å². The van der Waals surface area contributed by atoms with E-state index in [2.05, 4.69) is 0 Å². The summed E-state index contributed by atoms with van der Waals surface area (Å²) in [4.78, 5) is 0. The van der Waals surface area contributed by atoms with Crippen molar-refractivity contribution < 1.29 is 49.6 Å². The molecule has 10 heteroatoms. The fourth-order valence-electron chi connectivity index (χ4n) is 2.29. The van der Waals surface area contributed by atoms with Gasteiger partial charge in [-0.05, 0) is 6.92 Å². The lowest BCUT2D eigenvalue weighted by Gasteiger charge is -2.32. The molecule has 0 spiro atoms. The van der Waals surface area contributed by atoms with Crippen LogP contribution in [0.2, 0.25) is 0 Å². The molecule has 0 radical (unpaired) electrons. The Morgan fingerprint density at radius 1 is 0.731 bits per heavy atom. The summed E-state index contributed by atoms with van der Waals surface area (Å²) in [6.07, 6.45) is -7.50. The van der Waals surface area contributed by atoms with Gasteiger partial charge in [0.2, 0.25) is 0 Å². The van der Waals surface area contributed by atoms with Crippen LogP contribution in [-0.4, -0.2) is 114 Å². The third-order valence-corrected chi connectivity index (χ3v) is 4.14. The number of hydrogen-bond acceptors (Lipinski definition) is 10. The van der Waals surface area contributed by atoms with E-state index < -0.39 is 55.4 Å². The Bertz CT molecular complexity index is 339. The molecule has 0 saturated heterocycles. The van der Waals surface area contributed by atoms with Gasteiger partial charge in [0.1, 0.15) is 18.3 Å². The summed E-state index contributed by atoms with van der Waals surface area (Å²) in [6, 6.07) is 0. The minimum Gasteiger partial charge on any atom is -0.394 e. The van der Waals surface area contributed by atoms with Gasteiger partial charge in [0.15, 0.2) is 6.29 Å². The van der Waals surface area contributed by atoms with Crippen LogP contribution in [0.15, 0.2) is 0 Å². The SMILES string of the molecule is COC(OC[C@H](O)COC(CO)[C@@H](C)O)C(O)C(O)C(C)[C@@H](CO)OC. The van der Waals surface area contributed by atoms with E-state index in [4.69, 9.17) is 24.1 Å². The highest BCUT2D eigenvalue weighted by atomic mass is 16.7. The van der Waals surface area contributed by atoms with Crippen molar-refractivity contribution in [2.24, 2.45) is 5.92 Å². The molecule has 0 amide bonds. The van der Waals surface area contributed by atoms with Gasteiger partial charge in [0.05, 0.1) is 44.7 Å². The van der Waals surface area contributed by atoms with Crippen LogP contribution in [0.4, 0.5) is 0 Å². The van der Waals surface area contributed by atoms with E-state index in [9.17, 15) is 25.5 Å². The molecule has 5 unspecified atom stereocenters. The monoisotopic (exact) mass is 386 g/mol. The van der Waals surface area contributed by atoms with Crippen LogP contribution >= 0.6 is 0 Å². The van der Waals surface area contributed by atoms with E-state index >= 15 is 0 Å². The van der Waals surface area contributed by atoms with Gasteiger partial charge in [0, 0.05) is 20.1 Å². The number of rotatable bonds is 15. The first-order valence-electron chi connectivity index (χ1n) is 8.46. The largest absolute Gasteiger partial charge is 0.394 e. The molecule has 0 aromatic heterocycles. The van der Waals surface area contributed by atoms with E-state index in [1.807, 2.05) is 0 Å². The molecule has 8 atom stereocenters. The lowest BCUT2D eigenvalue weighted by molar-refractivity contribution is -0.225. The van der Waals surface area contributed by atoms with Crippen molar-refractivity contribution in [3.8, 4) is 0 Å². The maximum atomic E-state index is 10.2. The second-order valence-corrected chi connectivity index (χ2v) is 6.18. The molecule has 0 rings (SSSR count). The van der Waals surface area contributed by atoms with Crippen molar-refractivity contribution in [2.45, 2.75) is 56.8 Å². The second kappa shape index (κ2) is 13.7. The molecule has 26 heavy (non-hydrogen) atoms. The lowest BCUT2D eigenvalue weighted by Crippen LogP contribution is -2.48. The Morgan fingerprint density at radius 3 is 1.69 bits per heavy atom. The molecular weight excluding hydrogens is 352 g/mol. The van der Waals surface area contributed by atoms with E-state index in [0.717, 1.165) is 0 Å². The Morgan fingerprint density at radius 2 is 1.27 bits per heavy atom. The van der Waals surface area contributed by atoms with E-state index in [1.54, 1.807) is 6.92 Å². The third kappa shape index (κ3) is 8.53. The minimum atomic E-state index is -1.45. The molecule has 10 nitrogen and oxygen atoms in total. The maximum Gasteiger partial charge on any atom is 0.185 e. The van der Waals surface area contributed by atoms with Crippen molar-refractivity contribution in [2.75, 3.05) is 40.6 Å². The molecule has 0 aliphatic carbocycles. The van der Waals surface area contributed by atoms with Crippen LogP contribution in [-0.2, 0) is 18.9 Å². The van der Waals surface area contributed by atoms with Gasteiger partial charge < -0.3 is 49.6 Å². The average molecular weight is 386 g/mol. The number of aliphatic hydroxyl groups excluding tert-OH is 6. The van der Waals surface area contributed by atoms with Gasteiger partial charge in [-0.15, -0.1) is 0 Å². The van der Waals surface area contributed by atoms with Crippen LogP contribution in [0, 0.1) is 5.92 Å². The smallest absolute Gasteiger partial charge is 0.185 e. The molecule has 0 aliphatic heterocycles. The van der Waals surface area contributed by atoms with Crippen LogP contribution < -0.4 is 0 Å². The van der Waals surface area contributed by atoms with Crippen molar-refractivity contribution in [1.29, 1.82) is 0 Å². The highest BCUT2D eigenvalue weighted by Gasteiger charge is 2.35. The van der Waals surface area contributed by atoms with Crippen LogP contribution in [0.1, 0.15) is 13.8 Å². The Hall–Kier alpha value is -0.400. The zero-order valence-electron chi connectivity index (χ0n) is 15.8. The fourth-order valence-corrected chi connectivity index (χ4v) is 2.29. The van der Waals surface area contributed by atoms with Crippen LogP contribution in [0.25, 0.3) is 0 Å². The van der Waals surface area contributed by atoms with E-state index in [1.165, 1.54) is 21.1 Å². The van der Waals surface area contributed by atoms with Crippen LogP contribution in [0.5, 0.6) is 0 Å². The number of aliphatic hydroxyl groups is 6. The van der Waals surface area contributed by atoms with Gasteiger partial charge in [-0.25, -0.2) is 0 Å². The summed E-state index contributed by atoms with van der Waals surface area (Å²) < 4.78 is 20.5. The normalized spacial score (nSPS) is 21.5. The first kappa shape index (κ1) is 25.6. The lowest BCUT2D eigenvalue weighted by atomic mass is 9.94. The molecule has 0 aromatic rings.